The third-order valence-electron chi connectivity index (χ3n) is 2.63. The highest BCUT2D eigenvalue weighted by Gasteiger charge is 2.10. The van der Waals surface area contributed by atoms with E-state index in [-0.39, 0.29) is 12.2 Å². The summed E-state index contributed by atoms with van der Waals surface area (Å²) < 4.78 is 14.4. The van der Waals surface area contributed by atoms with E-state index in [0.717, 1.165) is 5.56 Å². The average molecular weight is 260 g/mol. The number of rotatable bonds is 3. The first-order valence-electron chi connectivity index (χ1n) is 5.53. The molecule has 2 heterocycles. The second-order valence-electron chi connectivity index (χ2n) is 4.05. The van der Waals surface area contributed by atoms with Gasteiger partial charge in [-0.15, -0.1) is 0 Å². The Morgan fingerprint density at radius 3 is 2.68 bits per heavy atom. The van der Waals surface area contributed by atoms with Gasteiger partial charge >= 0.3 is 5.97 Å². The van der Waals surface area contributed by atoms with Gasteiger partial charge in [-0.1, -0.05) is 0 Å². The van der Waals surface area contributed by atoms with E-state index in [1.165, 1.54) is 16.6 Å². The monoisotopic (exact) mass is 260 g/mol. The van der Waals surface area contributed by atoms with Crippen molar-refractivity contribution in [3.05, 3.63) is 42.0 Å². The summed E-state index contributed by atoms with van der Waals surface area (Å²) in [6, 6.07) is 5.89. The third kappa shape index (κ3) is 2.17. The van der Waals surface area contributed by atoms with E-state index in [1.54, 1.807) is 18.3 Å². The number of hydrogen-bond acceptors (Lipinski definition) is 3. The molecule has 0 aliphatic rings. The molecule has 0 amide bonds. The molecule has 2 aromatic heterocycles. The lowest BCUT2D eigenvalue weighted by molar-refractivity contribution is -0.136. The lowest BCUT2D eigenvalue weighted by Crippen LogP contribution is -2.00. The van der Waals surface area contributed by atoms with Gasteiger partial charge in [0.15, 0.2) is 5.82 Å². The van der Waals surface area contributed by atoms with Crippen LogP contribution < -0.4 is 0 Å². The van der Waals surface area contributed by atoms with Crippen LogP contribution in [0.25, 0.3) is 17.2 Å². The lowest BCUT2D eigenvalue weighted by atomic mass is 10.2. The molecule has 0 bridgehead atoms. The number of carbonyl (C=O) groups is 1. The second-order valence-corrected chi connectivity index (χ2v) is 4.05. The molecule has 0 spiro atoms. The summed E-state index contributed by atoms with van der Waals surface area (Å²) in [6.45, 7) is 0. The molecule has 0 aliphatic heterocycles. The van der Waals surface area contributed by atoms with Crippen LogP contribution in [0.15, 0.2) is 30.5 Å². The normalized spacial score (nSPS) is 11.0. The number of aliphatic carboxylic acids is 1. The smallest absolute Gasteiger partial charge is 0.309 e. The van der Waals surface area contributed by atoms with Gasteiger partial charge in [-0.2, -0.15) is 4.98 Å². The highest BCUT2D eigenvalue weighted by atomic mass is 19.1. The molecular weight excluding hydrogens is 251 g/mol. The second kappa shape index (κ2) is 4.20. The highest BCUT2D eigenvalue weighted by molar-refractivity contribution is 5.69. The largest absolute Gasteiger partial charge is 0.481 e. The van der Waals surface area contributed by atoms with Crippen molar-refractivity contribution in [3.63, 3.8) is 0 Å². The Morgan fingerprint density at radius 2 is 2.05 bits per heavy atom. The maximum absolute atomic E-state index is 12.8. The lowest BCUT2D eigenvalue weighted by Gasteiger charge is -1.95. The van der Waals surface area contributed by atoms with E-state index in [2.05, 4.69) is 15.1 Å². The van der Waals surface area contributed by atoms with E-state index >= 15 is 0 Å². The first-order valence-corrected chi connectivity index (χ1v) is 5.53. The standard InChI is InChI=1S/C12H9FN4O2/c13-8-3-1-7(2-4-8)11-15-12-14-9(5-10(18)19)6-17(12)16-11/h1-4,6H,5H2,(H,18,19)(H,14,15,16). The molecule has 1 aromatic carbocycles. The molecular formula is C12H9FN4O2. The van der Waals surface area contributed by atoms with E-state index in [9.17, 15) is 9.18 Å². The van der Waals surface area contributed by atoms with Crippen LogP contribution in [0, 0.1) is 5.82 Å². The summed E-state index contributed by atoms with van der Waals surface area (Å²) in [5.74, 6) is -0.330. The summed E-state index contributed by atoms with van der Waals surface area (Å²) >= 11 is 0. The molecule has 96 valence electrons. The van der Waals surface area contributed by atoms with Crippen LogP contribution >= 0.6 is 0 Å². The minimum Gasteiger partial charge on any atom is -0.481 e. The minimum absolute atomic E-state index is 0.150. The average Bonchev–Trinajstić information content (AvgIpc) is 2.86. The third-order valence-corrected chi connectivity index (χ3v) is 2.63. The summed E-state index contributed by atoms with van der Waals surface area (Å²) in [4.78, 5) is 18.9. The number of fused-ring (bicyclic) bond motifs is 1. The molecule has 19 heavy (non-hydrogen) atoms. The van der Waals surface area contributed by atoms with Gasteiger partial charge < -0.3 is 5.11 Å². The molecule has 0 radical (unpaired) electrons. The Kier molecular flexibility index (Phi) is 2.52. The molecule has 0 aliphatic carbocycles. The van der Waals surface area contributed by atoms with Gasteiger partial charge in [0.1, 0.15) is 5.82 Å². The van der Waals surface area contributed by atoms with Gasteiger partial charge in [0.25, 0.3) is 5.78 Å². The van der Waals surface area contributed by atoms with Crippen molar-refractivity contribution in [2.45, 2.75) is 6.42 Å². The van der Waals surface area contributed by atoms with Gasteiger partial charge in [-0.3, -0.25) is 9.89 Å². The number of carboxylic acids is 1. The van der Waals surface area contributed by atoms with Crippen molar-refractivity contribution in [3.8, 4) is 11.4 Å². The number of nitrogens with zero attached hydrogens (tertiary/aromatic N) is 3. The van der Waals surface area contributed by atoms with E-state index in [4.69, 9.17) is 5.11 Å². The number of benzene rings is 1. The van der Waals surface area contributed by atoms with Crippen LogP contribution in [0.4, 0.5) is 4.39 Å². The molecule has 0 saturated heterocycles. The fraction of sp³-hybridized carbons (Fsp3) is 0.0833. The van der Waals surface area contributed by atoms with Crippen molar-refractivity contribution in [1.82, 2.24) is 19.6 Å². The van der Waals surface area contributed by atoms with Crippen LogP contribution in [0.5, 0.6) is 0 Å². The van der Waals surface area contributed by atoms with Crippen molar-refractivity contribution in [2.75, 3.05) is 0 Å². The number of aromatic amines is 1. The summed E-state index contributed by atoms with van der Waals surface area (Å²) in [7, 11) is 0. The van der Waals surface area contributed by atoms with Crippen molar-refractivity contribution < 1.29 is 14.3 Å². The Bertz CT molecular complexity index is 713. The Morgan fingerprint density at radius 1 is 1.32 bits per heavy atom. The van der Waals surface area contributed by atoms with Crippen molar-refractivity contribution >= 4 is 11.7 Å². The molecule has 3 aromatic rings. The van der Waals surface area contributed by atoms with Crippen LogP contribution in [0.3, 0.4) is 0 Å². The van der Waals surface area contributed by atoms with E-state index in [0.29, 0.717) is 17.3 Å². The Hall–Kier alpha value is -2.70. The van der Waals surface area contributed by atoms with Gasteiger partial charge in [0, 0.05) is 5.56 Å². The highest BCUT2D eigenvalue weighted by Crippen LogP contribution is 2.16. The van der Waals surface area contributed by atoms with Crippen molar-refractivity contribution in [1.29, 1.82) is 0 Å². The quantitative estimate of drug-likeness (QED) is 0.747. The summed E-state index contributed by atoms with van der Waals surface area (Å²) in [5, 5.41) is 11.6. The summed E-state index contributed by atoms with van der Waals surface area (Å²) in [5.41, 5.74) is 1.16. The predicted octanol–water partition coefficient (Wildman–Crippen LogP) is 1.49. The van der Waals surface area contributed by atoms with Crippen molar-refractivity contribution in [2.24, 2.45) is 0 Å². The van der Waals surface area contributed by atoms with E-state index < -0.39 is 5.97 Å². The molecule has 0 fully saturated rings. The Labute approximate surface area is 106 Å². The first kappa shape index (κ1) is 11.4. The molecule has 0 saturated carbocycles. The molecule has 2 N–H and O–H groups in total. The fourth-order valence-corrected chi connectivity index (χ4v) is 1.80. The zero-order chi connectivity index (χ0) is 13.4. The Balaban J connectivity index is 1.96. The minimum atomic E-state index is -0.945. The van der Waals surface area contributed by atoms with Gasteiger partial charge in [0.05, 0.1) is 18.3 Å². The van der Waals surface area contributed by atoms with Gasteiger partial charge in [-0.05, 0) is 24.3 Å². The fourth-order valence-electron chi connectivity index (χ4n) is 1.80. The zero-order valence-electron chi connectivity index (χ0n) is 9.67. The predicted molar refractivity (Wildman–Crippen MR) is 64.1 cm³/mol. The molecule has 6 nitrogen and oxygen atoms in total. The van der Waals surface area contributed by atoms with Gasteiger partial charge in [0.2, 0.25) is 0 Å². The molecule has 7 heteroatoms. The van der Waals surface area contributed by atoms with Crippen LogP contribution in [-0.4, -0.2) is 30.7 Å². The van der Waals surface area contributed by atoms with E-state index in [1.807, 2.05) is 0 Å². The number of aromatic nitrogens is 4. The number of nitrogens with one attached hydrogen (secondary N) is 1. The zero-order valence-corrected chi connectivity index (χ0v) is 9.67. The van der Waals surface area contributed by atoms with Crippen LogP contribution in [0.2, 0.25) is 0 Å². The number of hydrogen-bond donors (Lipinski definition) is 2. The topological polar surface area (TPSA) is 83.3 Å². The molecule has 0 unspecified atom stereocenters. The number of imidazole rings is 1. The first-order chi connectivity index (χ1) is 9.11. The maximum Gasteiger partial charge on any atom is 0.309 e. The van der Waals surface area contributed by atoms with Gasteiger partial charge in [-0.25, -0.2) is 13.9 Å². The molecule has 3 rings (SSSR count). The maximum atomic E-state index is 12.8. The van der Waals surface area contributed by atoms with Crippen LogP contribution in [-0.2, 0) is 11.2 Å². The number of carboxylic acid groups (broad SMARTS) is 1. The molecule has 0 atom stereocenters. The van der Waals surface area contributed by atoms with Crippen LogP contribution in [0.1, 0.15) is 5.69 Å². The number of halogens is 1. The summed E-state index contributed by atoms with van der Waals surface area (Å²) in [6.07, 6.45) is 1.42. The number of H-pyrrole nitrogens is 1. The SMILES string of the molecule is O=C(O)Cc1cn2[nH]c(-c3ccc(F)cc3)nc2n1.